The average molecular weight is 178 g/mol. The molecule has 1 aliphatic rings. The number of hydrogen-bond donors (Lipinski definition) is 2. The topological polar surface area (TPSA) is 40.5 Å². The molecule has 0 aliphatic heterocycles. The average Bonchev–Trinajstić information content (AvgIpc) is 2.83. The molecule has 1 fully saturated rings. The fourth-order valence-corrected chi connectivity index (χ4v) is 1.48. The van der Waals surface area contributed by atoms with Crippen molar-refractivity contribution in [1.82, 2.24) is 0 Å². The van der Waals surface area contributed by atoms with Gasteiger partial charge in [-0.2, -0.15) is 0 Å². The van der Waals surface area contributed by atoms with Crippen LogP contribution < -0.4 is 0 Å². The summed E-state index contributed by atoms with van der Waals surface area (Å²) in [6, 6.07) is 7.31. The summed E-state index contributed by atoms with van der Waals surface area (Å²) in [6.45, 7) is 0. The van der Waals surface area contributed by atoms with E-state index in [9.17, 15) is 10.2 Å². The van der Waals surface area contributed by atoms with E-state index < -0.39 is 5.60 Å². The normalized spacial score (nSPS) is 18.5. The summed E-state index contributed by atoms with van der Waals surface area (Å²) >= 11 is 0. The van der Waals surface area contributed by atoms with E-state index in [4.69, 9.17) is 0 Å². The lowest BCUT2D eigenvalue weighted by Crippen LogP contribution is -2.07. The molecule has 2 N–H and O–H groups in total. The van der Waals surface area contributed by atoms with E-state index in [0.717, 1.165) is 31.2 Å². The Morgan fingerprint density at radius 3 is 2.54 bits per heavy atom. The molecular weight excluding hydrogens is 164 g/mol. The SMILES string of the molecule is Oc1ccccc1CCC1(O)CC1. The highest BCUT2D eigenvalue weighted by Crippen LogP contribution is 2.39. The molecule has 0 saturated heterocycles. The van der Waals surface area contributed by atoms with Gasteiger partial charge in [0.2, 0.25) is 0 Å². The number of aliphatic hydroxyl groups is 1. The van der Waals surface area contributed by atoms with Crippen LogP contribution in [0.25, 0.3) is 0 Å². The molecule has 0 spiro atoms. The van der Waals surface area contributed by atoms with Crippen LogP contribution in [-0.2, 0) is 6.42 Å². The number of rotatable bonds is 3. The van der Waals surface area contributed by atoms with Crippen LogP contribution in [0.5, 0.6) is 5.75 Å². The van der Waals surface area contributed by atoms with Gasteiger partial charge in [0.1, 0.15) is 5.75 Å². The Kier molecular flexibility index (Phi) is 2.00. The van der Waals surface area contributed by atoms with Crippen molar-refractivity contribution in [3.63, 3.8) is 0 Å². The Balaban J connectivity index is 1.97. The van der Waals surface area contributed by atoms with E-state index >= 15 is 0 Å². The Hall–Kier alpha value is -1.02. The summed E-state index contributed by atoms with van der Waals surface area (Å²) in [5.41, 5.74) is 0.519. The lowest BCUT2D eigenvalue weighted by atomic mass is 10.1. The Morgan fingerprint density at radius 1 is 1.23 bits per heavy atom. The summed E-state index contributed by atoms with van der Waals surface area (Å²) in [5.74, 6) is 0.340. The highest BCUT2D eigenvalue weighted by atomic mass is 16.3. The molecule has 70 valence electrons. The van der Waals surface area contributed by atoms with Crippen molar-refractivity contribution < 1.29 is 10.2 Å². The first kappa shape index (κ1) is 8.57. The number of benzene rings is 1. The maximum absolute atomic E-state index is 9.60. The molecule has 2 heteroatoms. The maximum Gasteiger partial charge on any atom is 0.118 e. The van der Waals surface area contributed by atoms with Crippen molar-refractivity contribution >= 4 is 0 Å². The molecular formula is C11H14O2. The van der Waals surface area contributed by atoms with Crippen LogP contribution in [-0.4, -0.2) is 15.8 Å². The van der Waals surface area contributed by atoms with Gasteiger partial charge in [-0.05, 0) is 37.3 Å². The summed E-state index contributed by atoms with van der Waals surface area (Å²) < 4.78 is 0. The first-order chi connectivity index (χ1) is 6.20. The minimum Gasteiger partial charge on any atom is -0.508 e. The van der Waals surface area contributed by atoms with Crippen LogP contribution in [0.3, 0.4) is 0 Å². The van der Waals surface area contributed by atoms with Gasteiger partial charge in [0.05, 0.1) is 5.60 Å². The number of aryl methyl sites for hydroxylation is 1. The standard InChI is InChI=1S/C11H14O2/c12-10-4-2-1-3-9(10)5-6-11(13)7-8-11/h1-4,12-13H,5-8H2. The molecule has 0 heterocycles. The quantitative estimate of drug-likeness (QED) is 0.741. The van der Waals surface area contributed by atoms with Gasteiger partial charge in [-0.3, -0.25) is 0 Å². The van der Waals surface area contributed by atoms with Crippen molar-refractivity contribution in [2.45, 2.75) is 31.3 Å². The zero-order valence-electron chi connectivity index (χ0n) is 7.53. The molecule has 0 unspecified atom stereocenters. The van der Waals surface area contributed by atoms with E-state index in [1.54, 1.807) is 6.07 Å². The maximum atomic E-state index is 9.60. The lowest BCUT2D eigenvalue weighted by molar-refractivity contribution is 0.140. The highest BCUT2D eigenvalue weighted by Gasteiger charge is 2.39. The third-order valence-corrected chi connectivity index (χ3v) is 2.68. The van der Waals surface area contributed by atoms with E-state index in [-0.39, 0.29) is 0 Å². The first-order valence-electron chi connectivity index (χ1n) is 4.69. The van der Waals surface area contributed by atoms with Crippen molar-refractivity contribution in [2.24, 2.45) is 0 Å². The minimum absolute atomic E-state index is 0.340. The molecule has 2 nitrogen and oxygen atoms in total. The van der Waals surface area contributed by atoms with E-state index in [0.29, 0.717) is 5.75 Å². The fourth-order valence-electron chi connectivity index (χ4n) is 1.48. The minimum atomic E-state index is -0.414. The van der Waals surface area contributed by atoms with Crippen LogP contribution in [0, 0.1) is 0 Å². The van der Waals surface area contributed by atoms with Crippen LogP contribution in [0.15, 0.2) is 24.3 Å². The molecule has 0 radical (unpaired) electrons. The molecule has 1 aromatic carbocycles. The van der Waals surface area contributed by atoms with Crippen LogP contribution in [0.4, 0.5) is 0 Å². The van der Waals surface area contributed by atoms with Crippen molar-refractivity contribution in [1.29, 1.82) is 0 Å². The van der Waals surface area contributed by atoms with E-state index in [2.05, 4.69) is 0 Å². The molecule has 13 heavy (non-hydrogen) atoms. The second-order valence-corrected chi connectivity index (χ2v) is 3.85. The Bertz CT molecular complexity index is 303. The Morgan fingerprint density at radius 2 is 1.92 bits per heavy atom. The first-order valence-corrected chi connectivity index (χ1v) is 4.69. The van der Waals surface area contributed by atoms with E-state index in [1.807, 2.05) is 18.2 Å². The van der Waals surface area contributed by atoms with Crippen molar-refractivity contribution in [3.8, 4) is 5.75 Å². The lowest BCUT2D eigenvalue weighted by Gasteiger charge is -2.07. The van der Waals surface area contributed by atoms with Gasteiger partial charge in [-0.15, -0.1) is 0 Å². The second kappa shape index (κ2) is 3.04. The molecule has 0 aromatic heterocycles. The third kappa shape index (κ3) is 2.01. The van der Waals surface area contributed by atoms with Crippen LogP contribution in [0.2, 0.25) is 0 Å². The van der Waals surface area contributed by atoms with Gasteiger partial charge in [0.25, 0.3) is 0 Å². The number of hydrogen-bond acceptors (Lipinski definition) is 2. The van der Waals surface area contributed by atoms with Gasteiger partial charge in [-0.25, -0.2) is 0 Å². The molecule has 2 rings (SSSR count). The second-order valence-electron chi connectivity index (χ2n) is 3.85. The molecule has 0 bridgehead atoms. The van der Waals surface area contributed by atoms with Crippen molar-refractivity contribution in [3.05, 3.63) is 29.8 Å². The number of phenols is 1. The monoisotopic (exact) mass is 178 g/mol. The van der Waals surface area contributed by atoms with Gasteiger partial charge in [0.15, 0.2) is 0 Å². The van der Waals surface area contributed by atoms with Crippen LogP contribution >= 0.6 is 0 Å². The van der Waals surface area contributed by atoms with Crippen molar-refractivity contribution in [2.75, 3.05) is 0 Å². The summed E-state index contributed by atoms with van der Waals surface area (Å²) in [7, 11) is 0. The van der Waals surface area contributed by atoms with E-state index in [1.165, 1.54) is 0 Å². The van der Waals surface area contributed by atoms with Gasteiger partial charge < -0.3 is 10.2 Å². The predicted octanol–water partition coefficient (Wildman–Crippen LogP) is 1.85. The van der Waals surface area contributed by atoms with Crippen LogP contribution in [0.1, 0.15) is 24.8 Å². The molecule has 1 saturated carbocycles. The smallest absolute Gasteiger partial charge is 0.118 e. The summed E-state index contributed by atoms with van der Waals surface area (Å²) in [5, 5.41) is 19.0. The summed E-state index contributed by atoms with van der Waals surface area (Å²) in [6.07, 6.45) is 3.37. The molecule has 1 aromatic rings. The van der Waals surface area contributed by atoms with Gasteiger partial charge in [-0.1, -0.05) is 18.2 Å². The zero-order valence-corrected chi connectivity index (χ0v) is 7.53. The summed E-state index contributed by atoms with van der Waals surface area (Å²) in [4.78, 5) is 0. The fraction of sp³-hybridized carbons (Fsp3) is 0.455. The molecule has 0 amide bonds. The van der Waals surface area contributed by atoms with Gasteiger partial charge in [0, 0.05) is 0 Å². The molecule has 1 aliphatic carbocycles. The zero-order chi connectivity index (χ0) is 9.31. The third-order valence-electron chi connectivity index (χ3n) is 2.68. The predicted molar refractivity (Wildman–Crippen MR) is 50.6 cm³/mol. The van der Waals surface area contributed by atoms with Gasteiger partial charge >= 0.3 is 0 Å². The largest absolute Gasteiger partial charge is 0.508 e. The molecule has 0 atom stereocenters. The highest BCUT2D eigenvalue weighted by molar-refractivity contribution is 5.32. The number of aromatic hydroxyl groups is 1. The Labute approximate surface area is 77.8 Å². The number of phenolic OH excluding ortho intramolecular Hbond substituents is 1. The number of para-hydroxylation sites is 1.